The highest BCUT2D eigenvalue weighted by Gasteiger charge is 2.17. The number of nitrogens with zero attached hydrogens (tertiary/aromatic N) is 2. The van der Waals surface area contributed by atoms with Crippen molar-refractivity contribution < 1.29 is 4.79 Å². The van der Waals surface area contributed by atoms with E-state index in [9.17, 15) is 4.79 Å². The summed E-state index contributed by atoms with van der Waals surface area (Å²) in [5.74, 6) is -0.794. The predicted molar refractivity (Wildman–Crippen MR) is 80.0 cm³/mol. The van der Waals surface area contributed by atoms with Crippen molar-refractivity contribution in [2.75, 3.05) is 26.2 Å². The number of likely N-dealkylation sites (N-methyl/N-ethyl adjacent to an activating group) is 1. The van der Waals surface area contributed by atoms with Gasteiger partial charge in [-0.05, 0) is 25.1 Å². The Kier molecular flexibility index (Phi) is 7.38. The van der Waals surface area contributed by atoms with E-state index in [0.29, 0.717) is 13.0 Å². The molecule has 4 nitrogen and oxygen atoms in total. The number of rotatable bonds is 8. The zero-order valence-corrected chi connectivity index (χ0v) is 12.3. The van der Waals surface area contributed by atoms with E-state index in [4.69, 9.17) is 5.26 Å². The van der Waals surface area contributed by atoms with E-state index in [0.717, 1.165) is 25.2 Å². The summed E-state index contributed by atoms with van der Waals surface area (Å²) in [6, 6.07) is 11.7. The van der Waals surface area contributed by atoms with Crippen LogP contribution in [0.1, 0.15) is 19.4 Å². The maximum Gasteiger partial charge on any atom is 0.237 e. The van der Waals surface area contributed by atoms with Crippen LogP contribution < -0.4 is 5.32 Å². The van der Waals surface area contributed by atoms with Gasteiger partial charge in [0.15, 0.2) is 0 Å². The fourth-order valence-corrected chi connectivity index (χ4v) is 2.05. The standard InChI is InChI=1S/C16H23N3O/c1-3-19(4-2)11-10-18-16(20)15(13-17)12-14-8-6-5-7-9-14/h5-9,15H,3-4,10-12H2,1-2H3,(H,18,20). The number of hydrogen-bond donors (Lipinski definition) is 1. The van der Waals surface area contributed by atoms with Crippen molar-refractivity contribution >= 4 is 5.91 Å². The Labute approximate surface area is 121 Å². The van der Waals surface area contributed by atoms with Crippen LogP contribution in [0.25, 0.3) is 0 Å². The van der Waals surface area contributed by atoms with Gasteiger partial charge in [-0.3, -0.25) is 4.79 Å². The average Bonchev–Trinajstić information content (AvgIpc) is 2.50. The van der Waals surface area contributed by atoms with E-state index in [1.165, 1.54) is 0 Å². The fraction of sp³-hybridized carbons (Fsp3) is 0.500. The van der Waals surface area contributed by atoms with Gasteiger partial charge in [0, 0.05) is 13.1 Å². The van der Waals surface area contributed by atoms with Crippen LogP contribution in [-0.2, 0) is 11.2 Å². The first kappa shape index (κ1) is 16.2. The van der Waals surface area contributed by atoms with Gasteiger partial charge < -0.3 is 10.2 Å². The summed E-state index contributed by atoms with van der Waals surface area (Å²) >= 11 is 0. The molecule has 0 aliphatic heterocycles. The van der Waals surface area contributed by atoms with Crippen LogP contribution in [-0.4, -0.2) is 37.0 Å². The summed E-state index contributed by atoms with van der Waals surface area (Å²) in [6.45, 7) is 7.55. The first-order valence-electron chi connectivity index (χ1n) is 7.14. The summed E-state index contributed by atoms with van der Waals surface area (Å²) in [5.41, 5.74) is 1.01. The predicted octanol–water partition coefficient (Wildman–Crippen LogP) is 1.83. The second-order valence-corrected chi connectivity index (χ2v) is 4.69. The van der Waals surface area contributed by atoms with Crippen molar-refractivity contribution in [1.29, 1.82) is 5.26 Å². The molecule has 0 aliphatic carbocycles. The fourth-order valence-electron chi connectivity index (χ4n) is 2.05. The van der Waals surface area contributed by atoms with Gasteiger partial charge in [-0.1, -0.05) is 44.2 Å². The first-order chi connectivity index (χ1) is 9.71. The number of nitriles is 1. The maximum absolute atomic E-state index is 12.0. The van der Waals surface area contributed by atoms with E-state index in [1.54, 1.807) is 0 Å². The monoisotopic (exact) mass is 273 g/mol. The second-order valence-electron chi connectivity index (χ2n) is 4.69. The minimum absolute atomic E-state index is 0.177. The number of nitrogens with one attached hydrogen (secondary N) is 1. The van der Waals surface area contributed by atoms with Crippen LogP contribution >= 0.6 is 0 Å². The van der Waals surface area contributed by atoms with Gasteiger partial charge in [0.25, 0.3) is 0 Å². The van der Waals surface area contributed by atoms with Crippen molar-refractivity contribution in [1.82, 2.24) is 10.2 Å². The molecule has 1 unspecified atom stereocenters. The van der Waals surface area contributed by atoms with Crippen molar-refractivity contribution in [2.24, 2.45) is 5.92 Å². The largest absolute Gasteiger partial charge is 0.354 e. The zero-order valence-electron chi connectivity index (χ0n) is 12.3. The quantitative estimate of drug-likeness (QED) is 0.786. The van der Waals surface area contributed by atoms with E-state index < -0.39 is 5.92 Å². The van der Waals surface area contributed by atoms with Crippen LogP contribution in [0.5, 0.6) is 0 Å². The number of amides is 1. The van der Waals surface area contributed by atoms with Gasteiger partial charge in [-0.25, -0.2) is 0 Å². The molecule has 0 fully saturated rings. The Morgan fingerprint density at radius 2 is 1.95 bits per heavy atom. The van der Waals surface area contributed by atoms with Crippen LogP contribution in [0.15, 0.2) is 30.3 Å². The van der Waals surface area contributed by atoms with Gasteiger partial charge in [-0.2, -0.15) is 5.26 Å². The molecule has 1 rings (SSSR count). The molecule has 4 heteroatoms. The van der Waals surface area contributed by atoms with Gasteiger partial charge in [0.2, 0.25) is 5.91 Å². The van der Waals surface area contributed by atoms with Gasteiger partial charge in [-0.15, -0.1) is 0 Å². The number of hydrogen-bond acceptors (Lipinski definition) is 3. The molecule has 0 saturated carbocycles. The van der Waals surface area contributed by atoms with Crippen molar-refractivity contribution in [3.8, 4) is 6.07 Å². The lowest BCUT2D eigenvalue weighted by molar-refractivity contribution is -0.123. The van der Waals surface area contributed by atoms with E-state index in [-0.39, 0.29) is 5.91 Å². The van der Waals surface area contributed by atoms with E-state index in [2.05, 4.69) is 30.1 Å². The lowest BCUT2D eigenvalue weighted by Crippen LogP contribution is -2.37. The Hall–Kier alpha value is -1.86. The van der Waals surface area contributed by atoms with Crippen LogP contribution in [0.4, 0.5) is 0 Å². The SMILES string of the molecule is CCN(CC)CCNC(=O)C(C#N)Cc1ccccc1. The van der Waals surface area contributed by atoms with Crippen LogP contribution in [0.3, 0.4) is 0 Å². The number of carbonyl (C=O) groups excluding carboxylic acids is 1. The Bertz CT molecular complexity index is 435. The molecule has 0 aliphatic rings. The van der Waals surface area contributed by atoms with E-state index in [1.807, 2.05) is 30.3 Å². The summed E-state index contributed by atoms with van der Waals surface area (Å²) in [6.07, 6.45) is 0.467. The maximum atomic E-state index is 12.0. The van der Waals surface area contributed by atoms with E-state index >= 15 is 0 Å². The Morgan fingerprint density at radius 1 is 1.30 bits per heavy atom. The molecule has 0 saturated heterocycles. The zero-order chi connectivity index (χ0) is 14.8. The van der Waals surface area contributed by atoms with Crippen molar-refractivity contribution in [3.05, 3.63) is 35.9 Å². The normalized spacial score (nSPS) is 11.9. The molecule has 1 aromatic carbocycles. The smallest absolute Gasteiger partial charge is 0.237 e. The molecule has 0 heterocycles. The Morgan fingerprint density at radius 3 is 2.50 bits per heavy atom. The molecule has 1 atom stereocenters. The highest BCUT2D eigenvalue weighted by atomic mass is 16.1. The highest BCUT2D eigenvalue weighted by Crippen LogP contribution is 2.08. The third kappa shape index (κ3) is 5.41. The molecule has 108 valence electrons. The second kappa shape index (κ2) is 9.11. The van der Waals surface area contributed by atoms with Crippen molar-refractivity contribution in [2.45, 2.75) is 20.3 Å². The molecule has 0 radical (unpaired) electrons. The van der Waals surface area contributed by atoms with Gasteiger partial charge >= 0.3 is 0 Å². The van der Waals surface area contributed by atoms with Gasteiger partial charge in [0.1, 0.15) is 5.92 Å². The topological polar surface area (TPSA) is 56.1 Å². The molecule has 1 amide bonds. The third-order valence-corrected chi connectivity index (χ3v) is 3.38. The minimum Gasteiger partial charge on any atom is -0.354 e. The highest BCUT2D eigenvalue weighted by molar-refractivity contribution is 5.81. The number of benzene rings is 1. The molecular formula is C16H23N3O. The average molecular weight is 273 g/mol. The van der Waals surface area contributed by atoms with Crippen LogP contribution in [0, 0.1) is 17.2 Å². The molecular weight excluding hydrogens is 250 g/mol. The first-order valence-corrected chi connectivity index (χ1v) is 7.14. The summed E-state index contributed by atoms with van der Waals surface area (Å²) < 4.78 is 0. The lowest BCUT2D eigenvalue weighted by atomic mass is 10.00. The molecule has 20 heavy (non-hydrogen) atoms. The van der Waals surface area contributed by atoms with Gasteiger partial charge in [0.05, 0.1) is 6.07 Å². The molecule has 1 N–H and O–H groups in total. The van der Waals surface area contributed by atoms with Crippen LogP contribution in [0.2, 0.25) is 0 Å². The lowest BCUT2D eigenvalue weighted by Gasteiger charge is -2.18. The summed E-state index contributed by atoms with van der Waals surface area (Å²) in [4.78, 5) is 14.2. The summed E-state index contributed by atoms with van der Waals surface area (Å²) in [5, 5.41) is 12.0. The number of carbonyl (C=O) groups is 1. The molecule has 0 aromatic heterocycles. The minimum atomic E-state index is -0.617. The molecule has 1 aromatic rings. The third-order valence-electron chi connectivity index (χ3n) is 3.38. The Balaban J connectivity index is 2.42. The van der Waals surface area contributed by atoms with Crippen molar-refractivity contribution in [3.63, 3.8) is 0 Å². The molecule has 0 spiro atoms. The molecule has 0 bridgehead atoms. The summed E-state index contributed by atoms with van der Waals surface area (Å²) in [7, 11) is 0.